The Labute approximate surface area is 163 Å². The molecule has 2 N–H and O–H groups in total. The third kappa shape index (κ3) is 3.69. The molecule has 0 unspecified atom stereocenters. The lowest BCUT2D eigenvalue weighted by atomic mass is 10.2. The average molecular weight is 403 g/mol. The van der Waals surface area contributed by atoms with Gasteiger partial charge >= 0.3 is 0 Å². The summed E-state index contributed by atoms with van der Waals surface area (Å²) < 4.78 is 27.4. The van der Waals surface area contributed by atoms with Crippen molar-refractivity contribution >= 4 is 37.4 Å². The Morgan fingerprint density at radius 1 is 1.07 bits per heavy atom. The van der Waals surface area contributed by atoms with Crippen LogP contribution in [0.1, 0.15) is 28.2 Å². The van der Waals surface area contributed by atoms with E-state index in [1.54, 1.807) is 35.6 Å². The average Bonchev–Trinajstić information content (AvgIpc) is 3.19. The number of hydrogen-bond acceptors (Lipinski definition) is 6. The first-order chi connectivity index (χ1) is 12.9. The number of nitrogens with one attached hydrogen (secondary N) is 2. The van der Waals surface area contributed by atoms with Crippen molar-refractivity contribution in [2.24, 2.45) is 0 Å². The molecule has 0 saturated heterocycles. The number of thiophene rings is 1. The van der Waals surface area contributed by atoms with Crippen molar-refractivity contribution in [1.29, 1.82) is 0 Å². The molecular formula is C19H22N4O2S2. The van der Waals surface area contributed by atoms with Gasteiger partial charge in [-0.2, -0.15) is 0 Å². The van der Waals surface area contributed by atoms with Crippen molar-refractivity contribution in [3.05, 3.63) is 46.1 Å². The summed E-state index contributed by atoms with van der Waals surface area (Å²) in [6.07, 6.45) is 3.36. The van der Waals surface area contributed by atoms with E-state index in [0.29, 0.717) is 6.54 Å². The summed E-state index contributed by atoms with van der Waals surface area (Å²) in [5.74, 6) is 1.54. The summed E-state index contributed by atoms with van der Waals surface area (Å²) in [6.45, 7) is 4.56. The first-order valence-electron chi connectivity index (χ1n) is 9.03. The van der Waals surface area contributed by atoms with Gasteiger partial charge in [-0.25, -0.2) is 23.1 Å². The molecule has 1 aliphatic carbocycles. The molecule has 0 atom stereocenters. The quantitative estimate of drug-likeness (QED) is 0.619. The molecule has 0 amide bonds. The maximum Gasteiger partial charge on any atom is 0.240 e. The molecule has 0 saturated carbocycles. The van der Waals surface area contributed by atoms with Crippen LogP contribution in [0.25, 0.3) is 10.2 Å². The van der Waals surface area contributed by atoms with Crippen molar-refractivity contribution < 1.29 is 8.42 Å². The van der Waals surface area contributed by atoms with E-state index in [4.69, 9.17) is 0 Å². The number of hydrogen-bond donors (Lipinski definition) is 2. The van der Waals surface area contributed by atoms with E-state index in [1.807, 2.05) is 13.8 Å². The van der Waals surface area contributed by atoms with E-state index in [1.165, 1.54) is 16.9 Å². The van der Waals surface area contributed by atoms with E-state index in [0.717, 1.165) is 40.3 Å². The van der Waals surface area contributed by atoms with Crippen LogP contribution in [-0.4, -0.2) is 31.5 Å². The summed E-state index contributed by atoms with van der Waals surface area (Å²) in [7, 11) is -3.50. The number of fused-ring (bicyclic) bond motifs is 3. The number of benzene rings is 1. The molecular weight excluding hydrogens is 380 g/mol. The predicted octanol–water partition coefficient (Wildman–Crippen LogP) is 3.19. The van der Waals surface area contributed by atoms with Crippen LogP contribution < -0.4 is 10.0 Å². The van der Waals surface area contributed by atoms with Crippen LogP contribution in [0.2, 0.25) is 0 Å². The lowest BCUT2D eigenvalue weighted by Gasteiger charge is -2.10. The van der Waals surface area contributed by atoms with Crippen molar-refractivity contribution in [3.63, 3.8) is 0 Å². The molecule has 2 aromatic heterocycles. The molecule has 0 radical (unpaired) electrons. The molecule has 3 aromatic rings. The monoisotopic (exact) mass is 402 g/mol. The van der Waals surface area contributed by atoms with Crippen LogP contribution in [0.3, 0.4) is 0 Å². The fourth-order valence-electron chi connectivity index (χ4n) is 3.40. The van der Waals surface area contributed by atoms with Gasteiger partial charge in [-0.05, 0) is 50.8 Å². The van der Waals surface area contributed by atoms with Crippen LogP contribution in [0.4, 0.5) is 5.82 Å². The number of rotatable bonds is 6. The van der Waals surface area contributed by atoms with Crippen LogP contribution in [-0.2, 0) is 22.9 Å². The second kappa shape index (κ2) is 7.18. The highest BCUT2D eigenvalue weighted by Gasteiger charge is 2.22. The fraction of sp³-hybridized carbons (Fsp3) is 0.368. The van der Waals surface area contributed by atoms with Gasteiger partial charge in [0, 0.05) is 18.0 Å². The second-order valence-corrected chi connectivity index (χ2v) is 9.65. The fourth-order valence-corrected chi connectivity index (χ4v) is 5.74. The number of anilines is 1. The third-order valence-electron chi connectivity index (χ3n) is 4.72. The molecule has 0 bridgehead atoms. The minimum Gasteiger partial charge on any atom is -0.368 e. The van der Waals surface area contributed by atoms with E-state index >= 15 is 0 Å². The van der Waals surface area contributed by atoms with Gasteiger partial charge in [-0.3, -0.25) is 0 Å². The Morgan fingerprint density at radius 3 is 2.63 bits per heavy atom. The van der Waals surface area contributed by atoms with Gasteiger partial charge < -0.3 is 5.32 Å². The standard InChI is InChI=1S/C19H22N4O2S2/c1-12-6-8-14(9-7-12)27(24,25)21-11-10-20-18-17-15-4-3-5-16(15)26-19(17)23-13(2)22-18/h6-9,21H,3-5,10-11H2,1-2H3,(H,20,22,23). The smallest absolute Gasteiger partial charge is 0.240 e. The topological polar surface area (TPSA) is 84.0 Å². The van der Waals surface area contributed by atoms with Crippen molar-refractivity contribution in [2.45, 2.75) is 38.0 Å². The Balaban J connectivity index is 1.46. The second-order valence-electron chi connectivity index (χ2n) is 6.79. The molecule has 0 fully saturated rings. The Hall–Kier alpha value is -2.03. The van der Waals surface area contributed by atoms with Gasteiger partial charge in [0.25, 0.3) is 0 Å². The van der Waals surface area contributed by atoms with Gasteiger partial charge in [-0.15, -0.1) is 11.3 Å². The summed E-state index contributed by atoms with van der Waals surface area (Å²) >= 11 is 1.75. The molecule has 8 heteroatoms. The highest BCUT2D eigenvalue weighted by atomic mass is 32.2. The van der Waals surface area contributed by atoms with Gasteiger partial charge in [0.1, 0.15) is 16.5 Å². The third-order valence-corrected chi connectivity index (χ3v) is 7.38. The van der Waals surface area contributed by atoms with E-state index in [-0.39, 0.29) is 11.4 Å². The Morgan fingerprint density at radius 2 is 1.85 bits per heavy atom. The molecule has 6 nitrogen and oxygen atoms in total. The van der Waals surface area contributed by atoms with E-state index in [9.17, 15) is 8.42 Å². The van der Waals surface area contributed by atoms with Crippen molar-refractivity contribution in [3.8, 4) is 0 Å². The zero-order valence-corrected chi connectivity index (χ0v) is 17.0. The number of aromatic nitrogens is 2. The first kappa shape index (κ1) is 18.3. The number of nitrogens with zero attached hydrogens (tertiary/aromatic N) is 2. The lowest BCUT2D eigenvalue weighted by Crippen LogP contribution is -2.29. The first-order valence-corrected chi connectivity index (χ1v) is 11.3. The minimum atomic E-state index is -3.50. The molecule has 0 aliphatic heterocycles. The normalized spacial score (nSPS) is 13.9. The largest absolute Gasteiger partial charge is 0.368 e. The molecule has 27 heavy (non-hydrogen) atoms. The van der Waals surface area contributed by atoms with E-state index < -0.39 is 10.0 Å². The highest BCUT2D eigenvalue weighted by Crippen LogP contribution is 2.39. The van der Waals surface area contributed by atoms with E-state index in [2.05, 4.69) is 20.0 Å². The van der Waals surface area contributed by atoms with Crippen LogP contribution >= 0.6 is 11.3 Å². The Kier molecular flexibility index (Phi) is 4.88. The summed E-state index contributed by atoms with van der Waals surface area (Å²) in [4.78, 5) is 11.8. The lowest BCUT2D eigenvalue weighted by molar-refractivity contribution is 0.583. The van der Waals surface area contributed by atoms with Gasteiger partial charge in [0.15, 0.2) is 0 Å². The van der Waals surface area contributed by atoms with Crippen molar-refractivity contribution in [2.75, 3.05) is 18.4 Å². The van der Waals surface area contributed by atoms with Gasteiger partial charge in [-0.1, -0.05) is 17.7 Å². The molecule has 4 rings (SSSR count). The SMILES string of the molecule is Cc1ccc(S(=O)(=O)NCCNc2nc(C)nc3sc4c(c23)CCC4)cc1. The summed E-state index contributed by atoms with van der Waals surface area (Å²) in [5.41, 5.74) is 2.39. The van der Waals surface area contributed by atoms with Crippen LogP contribution in [0.5, 0.6) is 0 Å². The van der Waals surface area contributed by atoms with Gasteiger partial charge in [0.05, 0.1) is 10.3 Å². The van der Waals surface area contributed by atoms with Gasteiger partial charge in [0.2, 0.25) is 10.0 Å². The number of aryl methyl sites for hydroxylation is 4. The summed E-state index contributed by atoms with van der Waals surface area (Å²) in [6, 6.07) is 6.84. The van der Waals surface area contributed by atoms with Crippen LogP contribution in [0.15, 0.2) is 29.2 Å². The molecule has 1 aliphatic rings. The zero-order chi connectivity index (χ0) is 19.0. The number of sulfonamides is 1. The maximum absolute atomic E-state index is 12.4. The summed E-state index contributed by atoms with van der Waals surface area (Å²) in [5, 5.41) is 4.42. The van der Waals surface area contributed by atoms with Crippen molar-refractivity contribution in [1.82, 2.24) is 14.7 Å². The molecule has 1 aromatic carbocycles. The molecule has 142 valence electrons. The molecule has 2 heterocycles. The minimum absolute atomic E-state index is 0.282. The predicted molar refractivity (Wildman–Crippen MR) is 109 cm³/mol. The Bertz CT molecular complexity index is 1090. The maximum atomic E-state index is 12.4. The molecule has 0 spiro atoms. The zero-order valence-electron chi connectivity index (χ0n) is 15.4. The van der Waals surface area contributed by atoms with Crippen LogP contribution in [0, 0.1) is 13.8 Å². The highest BCUT2D eigenvalue weighted by molar-refractivity contribution is 7.89.